The van der Waals surface area contributed by atoms with E-state index in [0.29, 0.717) is 0 Å². The molecular formula is C18H28N2O4S2. The lowest BCUT2D eigenvalue weighted by Crippen LogP contribution is -2.47. The molecule has 8 heteroatoms. The predicted octanol–water partition coefficient (Wildman–Crippen LogP) is 2.86. The Bertz CT molecular complexity index is 818. The van der Waals surface area contributed by atoms with Gasteiger partial charge in [-0.3, -0.25) is 0 Å². The Hall–Kier alpha value is -0.960. The van der Waals surface area contributed by atoms with E-state index in [1.54, 1.807) is 4.31 Å². The summed E-state index contributed by atoms with van der Waals surface area (Å²) < 4.78 is 55.3. The van der Waals surface area contributed by atoms with Crippen molar-refractivity contribution >= 4 is 20.0 Å². The van der Waals surface area contributed by atoms with E-state index in [1.807, 2.05) is 13.8 Å². The first kappa shape index (κ1) is 19.8. The molecule has 146 valence electrons. The highest BCUT2D eigenvalue weighted by Crippen LogP contribution is 2.30. The number of nitrogens with zero attached hydrogens (tertiary/aromatic N) is 1. The summed E-state index contributed by atoms with van der Waals surface area (Å²) in [5.41, 5.74) is 0. The molecule has 1 saturated carbocycles. The zero-order valence-electron chi connectivity index (χ0n) is 15.4. The summed E-state index contributed by atoms with van der Waals surface area (Å²) in [6.07, 6.45) is 6.51. The molecule has 2 atom stereocenters. The lowest BCUT2D eigenvalue weighted by atomic mass is 10.0. The Labute approximate surface area is 157 Å². The number of hydrogen-bond acceptors (Lipinski definition) is 4. The predicted molar refractivity (Wildman–Crippen MR) is 101 cm³/mol. The van der Waals surface area contributed by atoms with Crippen LogP contribution in [-0.4, -0.2) is 39.3 Å². The van der Waals surface area contributed by atoms with Crippen LogP contribution in [0.3, 0.4) is 0 Å². The average molecular weight is 401 g/mol. The van der Waals surface area contributed by atoms with E-state index in [9.17, 15) is 16.8 Å². The number of benzene rings is 1. The highest BCUT2D eigenvalue weighted by molar-refractivity contribution is 7.89. The van der Waals surface area contributed by atoms with Gasteiger partial charge in [0.15, 0.2) is 0 Å². The number of piperidine rings is 1. The van der Waals surface area contributed by atoms with Gasteiger partial charge in [0.05, 0.1) is 9.79 Å². The molecule has 0 bridgehead atoms. The molecule has 1 aromatic carbocycles. The minimum absolute atomic E-state index is 0.0153. The second kappa shape index (κ2) is 7.58. The average Bonchev–Trinajstić information content (AvgIpc) is 3.07. The van der Waals surface area contributed by atoms with Crippen LogP contribution in [0.4, 0.5) is 0 Å². The van der Waals surface area contributed by atoms with Crippen molar-refractivity contribution in [3.8, 4) is 0 Å². The molecule has 1 aliphatic heterocycles. The van der Waals surface area contributed by atoms with E-state index in [-0.39, 0.29) is 27.9 Å². The second-order valence-corrected chi connectivity index (χ2v) is 11.1. The standard InChI is InChI=1S/C18H28N2O4S2/c1-14-6-5-7-15(2)20(14)26(23,24)18-12-10-17(11-13-18)25(21,22)19-16-8-3-4-9-16/h10-16,19H,3-9H2,1-2H3/t14-,15-/m1/s1. The van der Waals surface area contributed by atoms with Crippen molar-refractivity contribution in [1.82, 2.24) is 9.03 Å². The van der Waals surface area contributed by atoms with Gasteiger partial charge in [0.2, 0.25) is 20.0 Å². The molecule has 2 aliphatic rings. The van der Waals surface area contributed by atoms with Gasteiger partial charge in [0, 0.05) is 18.1 Å². The SMILES string of the molecule is C[C@@H]1CCC[C@@H](C)N1S(=O)(=O)c1ccc(S(=O)(=O)NC2CCCC2)cc1. The van der Waals surface area contributed by atoms with E-state index in [1.165, 1.54) is 24.3 Å². The molecule has 2 fully saturated rings. The Balaban J connectivity index is 1.82. The van der Waals surface area contributed by atoms with Gasteiger partial charge >= 0.3 is 0 Å². The molecule has 1 aromatic rings. The van der Waals surface area contributed by atoms with Crippen molar-refractivity contribution in [1.29, 1.82) is 0 Å². The zero-order valence-corrected chi connectivity index (χ0v) is 17.0. The zero-order chi connectivity index (χ0) is 18.9. The van der Waals surface area contributed by atoms with E-state index in [2.05, 4.69) is 4.72 Å². The Kier molecular flexibility index (Phi) is 5.77. The van der Waals surface area contributed by atoms with Gasteiger partial charge in [-0.1, -0.05) is 19.3 Å². The molecule has 1 aliphatic carbocycles. The molecular weight excluding hydrogens is 372 g/mol. The molecule has 0 unspecified atom stereocenters. The molecule has 0 amide bonds. The van der Waals surface area contributed by atoms with E-state index >= 15 is 0 Å². The van der Waals surface area contributed by atoms with Crippen molar-refractivity contribution in [2.75, 3.05) is 0 Å². The first-order valence-corrected chi connectivity index (χ1v) is 12.3. The topological polar surface area (TPSA) is 83.6 Å². The van der Waals surface area contributed by atoms with Gasteiger partial charge in [-0.2, -0.15) is 4.31 Å². The highest BCUT2D eigenvalue weighted by atomic mass is 32.2. The summed E-state index contributed by atoms with van der Waals surface area (Å²) in [4.78, 5) is 0.265. The van der Waals surface area contributed by atoms with E-state index < -0.39 is 20.0 Å². The highest BCUT2D eigenvalue weighted by Gasteiger charge is 2.35. The molecule has 1 N–H and O–H groups in total. The normalized spacial score (nSPS) is 26.2. The fourth-order valence-electron chi connectivity index (χ4n) is 4.11. The van der Waals surface area contributed by atoms with Crippen molar-refractivity contribution < 1.29 is 16.8 Å². The summed E-state index contributed by atoms with van der Waals surface area (Å²) in [5.74, 6) is 0. The number of nitrogens with one attached hydrogen (secondary N) is 1. The van der Waals surface area contributed by atoms with Crippen LogP contribution in [0.15, 0.2) is 34.1 Å². The molecule has 1 heterocycles. The van der Waals surface area contributed by atoms with Crippen molar-refractivity contribution in [3.63, 3.8) is 0 Å². The van der Waals surface area contributed by atoms with Crippen LogP contribution in [0, 0.1) is 0 Å². The van der Waals surface area contributed by atoms with Gasteiger partial charge < -0.3 is 0 Å². The van der Waals surface area contributed by atoms with Gasteiger partial charge in [-0.25, -0.2) is 21.6 Å². The second-order valence-electron chi connectivity index (χ2n) is 7.54. The third kappa shape index (κ3) is 3.98. The summed E-state index contributed by atoms with van der Waals surface area (Å²) in [6.45, 7) is 3.86. The van der Waals surface area contributed by atoms with Crippen molar-refractivity contribution in [3.05, 3.63) is 24.3 Å². The molecule has 3 rings (SSSR count). The van der Waals surface area contributed by atoms with E-state index in [4.69, 9.17) is 0 Å². The maximum atomic E-state index is 13.0. The van der Waals surface area contributed by atoms with E-state index in [0.717, 1.165) is 44.9 Å². The van der Waals surface area contributed by atoms with Crippen molar-refractivity contribution in [2.24, 2.45) is 0 Å². The summed E-state index contributed by atoms with van der Waals surface area (Å²) in [7, 11) is -7.24. The van der Waals surface area contributed by atoms with Gasteiger partial charge in [0.1, 0.15) is 0 Å². The fourth-order valence-corrected chi connectivity index (χ4v) is 7.30. The maximum absolute atomic E-state index is 13.0. The fraction of sp³-hybridized carbons (Fsp3) is 0.667. The third-order valence-electron chi connectivity index (χ3n) is 5.50. The van der Waals surface area contributed by atoms with Crippen LogP contribution >= 0.6 is 0 Å². The van der Waals surface area contributed by atoms with Crippen LogP contribution < -0.4 is 4.72 Å². The minimum atomic E-state index is -3.63. The monoisotopic (exact) mass is 400 g/mol. The summed E-state index contributed by atoms with van der Waals surface area (Å²) in [6, 6.07) is 5.50. The Morgan fingerprint density at radius 1 is 0.808 bits per heavy atom. The largest absolute Gasteiger partial charge is 0.243 e. The number of rotatable bonds is 5. The van der Waals surface area contributed by atoms with Crippen LogP contribution in [0.2, 0.25) is 0 Å². The molecule has 0 radical (unpaired) electrons. The Morgan fingerprint density at radius 3 is 1.85 bits per heavy atom. The molecule has 1 saturated heterocycles. The van der Waals surface area contributed by atoms with Gasteiger partial charge in [-0.05, 0) is 63.8 Å². The smallest absolute Gasteiger partial charge is 0.208 e. The van der Waals surface area contributed by atoms with Crippen LogP contribution in [0.25, 0.3) is 0 Å². The number of sulfonamides is 2. The number of hydrogen-bond donors (Lipinski definition) is 1. The quantitative estimate of drug-likeness (QED) is 0.824. The molecule has 0 aromatic heterocycles. The summed E-state index contributed by atoms with van der Waals surface area (Å²) in [5, 5.41) is 0. The van der Waals surface area contributed by atoms with Crippen LogP contribution in [-0.2, 0) is 20.0 Å². The van der Waals surface area contributed by atoms with Gasteiger partial charge in [-0.15, -0.1) is 0 Å². The Morgan fingerprint density at radius 2 is 1.31 bits per heavy atom. The lowest BCUT2D eigenvalue weighted by molar-refractivity contribution is 0.204. The third-order valence-corrected chi connectivity index (χ3v) is 9.18. The first-order chi connectivity index (χ1) is 12.2. The molecule has 26 heavy (non-hydrogen) atoms. The van der Waals surface area contributed by atoms with Crippen LogP contribution in [0.5, 0.6) is 0 Å². The molecule has 0 spiro atoms. The first-order valence-electron chi connectivity index (χ1n) is 9.38. The van der Waals surface area contributed by atoms with Crippen LogP contribution in [0.1, 0.15) is 58.8 Å². The molecule has 6 nitrogen and oxygen atoms in total. The van der Waals surface area contributed by atoms with Gasteiger partial charge in [0.25, 0.3) is 0 Å². The maximum Gasteiger partial charge on any atom is 0.243 e. The minimum Gasteiger partial charge on any atom is -0.208 e. The lowest BCUT2D eigenvalue weighted by Gasteiger charge is -2.37. The summed E-state index contributed by atoms with van der Waals surface area (Å²) >= 11 is 0. The van der Waals surface area contributed by atoms with Crippen molar-refractivity contribution in [2.45, 2.75) is 86.7 Å².